The van der Waals surface area contributed by atoms with Crippen LogP contribution in [0.2, 0.25) is 0 Å². The van der Waals surface area contributed by atoms with Crippen LogP contribution >= 0.6 is 15.9 Å². The lowest BCUT2D eigenvalue weighted by Gasteiger charge is -2.09. The third-order valence-corrected chi connectivity index (χ3v) is 3.98. The van der Waals surface area contributed by atoms with Crippen molar-refractivity contribution in [2.75, 3.05) is 5.32 Å². The number of rotatable bonds is 2. The number of hydrogen-bond donors (Lipinski definition) is 2. The third-order valence-electron chi connectivity index (χ3n) is 2.73. The highest BCUT2D eigenvalue weighted by Crippen LogP contribution is 2.25. The van der Waals surface area contributed by atoms with Gasteiger partial charge in [-0.15, -0.1) is 0 Å². The van der Waals surface area contributed by atoms with Gasteiger partial charge in [0.1, 0.15) is 0 Å². The molecule has 0 unspecified atom stereocenters. The molecule has 1 amide bonds. The summed E-state index contributed by atoms with van der Waals surface area (Å²) < 4.78 is 1.03. The van der Waals surface area contributed by atoms with Crippen molar-refractivity contribution in [3.8, 4) is 0 Å². The Morgan fingerprint density at radius 2 is 1.84 bits per heavy atom. The van der Waals surface area contributed by atoms with Gasteiger partial charge in [-0.3, -0.25) is 9.59 Å². The zero-order valence-electron chi connectivity index (χ0n) is 10.6. The van der Waals surface area contributed by atoms with Crippen molar-refractivity contribution in [2.45, 2.75) is 13.8 Å². The molecule has 98 valence electrons. The van der Waals surface area contributed by atoms with Crippen molar-refractivity contribution in [1.29, 1.82) is 0 Å². The molecule has 2 N–H and O–H groups in total. The molecule has 1 aromatic carbocycles. The van der Waals surface area contributed by atoms with Gasteiger partial charge in [0.05, 0.1) is 0 Å². The molecule has 2 aromatic rings. The van der Waals surface area contributed by atoms with Gasteiger partial charge in [0.2, 0.25) is 5.56 Å². The molecule has 1 heterocycles. The van der Waals surface area contributed by atoms with Crippen LogP contribution in [-0.2, 0) is 0 Å². The maximum Gasteiger partial charge on any atom is 0.255 e. The second-order valence-electron chi connectivity index (χ2n) is 4.32. The lowest BCUT2D eigenvalue weighted by molar-refractivity contribution is 0.102. The van der Waals surface area contributed by atoms with Crippen LogP contribution in [0.25, 0.3) is 0 Å². The van der Waals surface area contributed by atoms with E-state index in [4.69, 9.17) is 0 Å². The number of amides is 1. The second kappa shape index (κ2) is 5.40. The number of aromatic amines is 1. The van der Waals surface area contributed by atoms with Crippen LogP contribution in [0.5, 0.6) is 0 Å². The number of aromatic nitrogens is 1. The number of anilines is 1. The Kier molecular flexibility index (Phi) is 3.85. The Bertz CT molecular complexity index is 669. The minimum Gasteiger partial charge on any atom is -0.329 e. The number of carbonyl (C=O) groups is 1. The van der Waals surface area contributed by atoms with Gasteiger partial charge in [-0.25, -0.2) is 0 Å². The standard InChI is InChI=1S/C14H13BrN2O2/c1-8-5-11(6-9(2)13(8)15)17-14(19)10-3-4-16-12(18)7-10/h3-7H,1-2H3,(H,16,18)(H,17,19). The van der Waals surface area contributed by atoms with Gasteiger partial charge in [0.15, 0.2) is 0 Å². The Labute approximate surface area is 119 Å². The normalized spacial score (nSPS) is 10.3. The molecule has 0 spiro atoms. The van der Waals surface area contributed by atoms with Gasteiger partial charge in [-0.05, 0) is 43.2 Å². The van der Waals surface area contributed by atoms with Crippen LogP contribution < -0.4 is 10.9 Å². The van der Waals surface area contributed by atoms with Crippen LogP contribution in [0, 0.1) is 13.8 Å². The summed E-state index contributed by atoms with van der Waals surface area (Å²) in [5.41, 5.74) is 2.84. The molecular formula is C14H13BrN2O2. The SMILES string of the molecule is Cc1cc(NC(=O)c2cc[nH]c(=O)c2)cc(C)c1Br. The lowest BCUT2D eigenvalue weighted by atomic mass is 10.1. The summed E-state index contributed by atoms with van der Waals surface area (Å²) >= 11 is 3.48. The highest BCUT2D eigenvalue weighted by atomic mass is 79.9. The fraction of sp³-hybridized carbons (Fsp3) is 0.143. The number of aryl methyl sites for hydroxylation is 2. The Morgan fingerprint density at radius 3 is 2.42 bits per heavy atom. The molecule has 0 aliphatic carbocycles. The van der Waals surface area contributed by atoms with E-state index in [9.17, 15) is 9.59 Å². The Morgan fingerprint density at radius 1 is 1.21 bits per heavy atom. The molecule has 1 aromatic heterocycles. The van der Waals surface area contributed by atoms with Crippen LogP contribution in [-0.4, -0.2) is 10.9 Å². The molecule has 0 fully saturated rings. The van der Waals surface area contributed by atoms with Crippen LogP contribution in [0.3, 0.4) is 0 Å². The average molecular weight is 321 g/mol. The molecule has 4 nitrogen and oxygen atoms in total. The average Bonchev–Trinajstić information content (AvgIpc) is 2.36. The predicted molar refractivity (Wildman–Crippen MR) is 78.6 cm³/mol. The Hall–Kier alpha value is -1.88. The van der Waals surface area contributed by atoms with E-state index in [-0.39, 0.29) is 11.5 Å². The monoisotopic (exact) mass is 320 g/mol. The van der Waals surface area contributed by atoms with Gasteiger partial charge in [0.25, 0.3) is 5.91 Å². The van der Waals surface area contributed by atoms with Crippen LogP contribution in [0.4, 0.5) is 5.69 Å². The molecule has 2 rings (SSSR count). The van der Waals surface area contributed by atoms with E-state index < -0.39 is 0 Å². The molecular weight excluding hydrogens is 308 g/mol. The van der Waals surface area contributed by atoms with Gasteiger partial charge in [-0.1, -0.05) is 15.9 Å². The van der Waals surface area contributed by atoms with Crippen molar-refractivity contribution < 1.29 is 4.79 Å². The van der Waals surface area contributed by atoms with E-state index in [0.717, 1.165) is 15.6 Å². The number of benzene rings is 1. The highest BCUT2D eigenvalue weighted by molar-refractivity contribution is 9.10. The Balaban J connectivity index is 2.27. The van der Waals surface area contributed by atoms with Gasteiger partial charge in [-0.2, -0.15) is 0 Å². The zero-order chi connectivity index (χ0) is 14.0. The number of carbonyl (C=O) groups excluding carboxylic acids is 1. The van der Waals surface area contributed by atoms with E-state index in [1.165, 1.54) is 12.3 Å². The topological polar surface area (TPSA) is 62.0 Å². The van der Waals surface area contributed by atoms with Crippen molar-refractivity contribution in [3.63, 3.8) is 0 Å². The van der Waals surface area contributed by atoms with E-state index in [0.29, 0.717) is 11.3 Å². The summed E-state index contributed by atoms with van der Waals surface area (Å²) in [4.78, 5) is 25.6. The first-order chi connectivity index (χ1) is 8.97. The van der Waals surface area contributed by atoms with Crippen LogP contribution in [0.1, 0.15) is 21.5 Å². The first kappa shape index (κ1) is 13.5. The van der Waals surface area contributed by atoms with E-state index in [2.05, 4.69) is 26.2 Å². The minimum absolute atomic E-state index is 0.296. The number of H-pyrrole nitrogens is 1. The number of hydrogen-bond acceptors (Lipinski definition) is 2. The summed E-state index contributed by atoms with van der Waals surface area (Å²) in [5, 5.41) is 2.78. The number of pyridine rings is 1. The first-order valence-corrected chi connectivity index (χ1v) is 6.53. The molecule has 5 heteroatoms. The van der Waals surface area contributed by atoms with Gasteiger partial charge in [0, 0.05) is 28.0 Å². The zero-order valence-corrected chi connectivity index (χ0v) is 12.2. The fourth-order valence-electron chi connectivity index (χ4n) is 1.81. The summed E-state index contributed by atoms with van der Waals surface area (Å²) in [6.07, 6.45) is 1.45. The van der Waals surface area contributed by atoms with Crippen molar-refractivity contribution in [1.82, 2.24) is 4.98 Å². The maximum absolute atomic E-state index is 12.0. The molecule has 0 bridgehead atoms. The fourth-order valence-corrected chi connectivity index (χ4v) is 2.04. The summed E-state index contributed by atoms with van der Waals surface area (Å²) in [6.45, 7) is 3.92. The van der Waals surface area contributed by atoms with Crippen molar-refractivity contribution in [2.24, 2.45) is 0 Å². The molecule has 0 aliphatic rings. The van der Waals surface area contributed by atoms with E-state index in [1.807, 2.05) is 26.0 Å². The maximum atomic E-state index is 12.0. The number of halogens is 1. The quantitative estimate of drug-likeness (QED) is 0.893. The second-order valence-corrected chi connectivity index (χ2v) is 5.11. The highest BCUT2D eigenvalue weighted by Gasteiger charge is 2.08. The molecule has 0 atom stereocenters. The van der Waals surface area contributed by atoms with Crippen molar-refractivity contribution >= 4 is 27.5 Å². The summed E-state index contributed by atoms with van der Waals surface area (Å²) in [7, 11) is 0. The van der Waals surface area contributed by atoms with E-state index in [1.54, 1.807) is 6.07 Å². The molecule has 0 saturated heterocycles. The molecule has 0 radical (unpaired) electrons. The third kappa shape index (κ3) is 3.12. The summed E-state index contributed by atoms with van der Waals surface area (Å²) in [5.74, 6) is -0.299. The lowest BCUT2D eigenvalue weighted by Crippen LogP contribution is -2.15. The smallest absolute Gasteiger partial charge is 0.255 e. The van der Waals surface area contributed by atoms with Crippen LogP contribution in [0.15, 0.2) is 39.7 Å². The largest absolute Gasteiger partial charge is 0.329 e. The molecule has 19 heavy (non-hydrogen) atoms. The van der Waals surface area contributed by atoms with Crippen molar-refractivity contribution in [3.05, 3.63) is 62.0 Å². The van der Waals surface area contributed by atoms with Gasteiger partial charge < -0.3 is 10.3 Å². The van der Waals surface area contributed by atoms with E-state index >= 15 is 0 Å². The first-order valence-electron chi connectivity index (χ1n) is 5.74. The minimum atomic E-state index is -0.299. The predicted octanol–water partition coefficient (Wildman–Crippen LogP) is 3.01. The summed E-state index contributed by atoms with van der Waals surface area (Å²) in [6, 6.07) is 6.59. The molecule has 0 aliphatic heterocycles. The van der Waals surface area contributed by atoms with Gasteiger partial charge >= 0.3 is 0 Å². The molecule has 0 saturated carbocycles. The number of nitrogens with one attached hydrogen (secondary N) is 2.